The SMILES string of the molecule is COc1ccc(N2CC[NH+]([C@@H](c3ccccc3)c3sc4ncnn4c3O)CC2)cc1. The van der Waals surface area contributed by atoms with Crippen LogP contribution in [0.4, 0.5) is 5.69 Å². The average molecular weight is 423 g/mol. The third-order valence-electron chi connectivity index (χ3n) is 5.79. The van der Waals surface area contributed by atoms with Gasteiger partial charge in [0, 0.05) is 11.3 Å². The third-order valence-corrected chi connectivity index (χ3v) is 6.88. The molecule has 2 aromatic carbocycles. The second-order valence-corrected chi connectivity index (χ2v) is 8.44. The number of nitrogens with one attached hydrogen (secondary N) is 1. The molecule has 1 aliphatic heterocycles. The van der Waals surface area contributed by atoms with Crippen molar-refractivity contribution in [3.8, 4) is 11.6 Å². The predicted molar refractivity (Wildman–Crippen MR) is 117 cm³/mol. The molecule has 7 nitrogen and oxygen atoms in total. The lowest BCUT2D eigenvalue weighted by Gasteiger charge is -2.37. The van der Waals surface area contributed by atoms with Crippen molar-refractivity contribution < 1.29 is 14.7 Å². The highest BCUT2D eigenvalue weighted by molar-refractivity contribution is 7.17. The zero-order valence-electron chi connectivity index (χ0n) is 16.7. The van der Waals surface area contributed by atoms with Crippen LogP contribution in [0.5, 0.6) is 11.6 Å². The third kappa shape index (κ3) is 3.38. The van der Waals surface area contributed by atoms with E-state index in [-0.39, 0.29) is 11.9 Å². The van der Waals surface area contributed by atoms with Gasteiger partial charge in [0.2, 0.25) is 10.8 Å². The molecule has 1 saturated heterocycles. The fraction of sp³-hybridized carbons (Fsp3) is 0.273. The first-order valence-corrected chi connectivity index (χ1v) is 10.9. The minimum atomic E-state index is 0.0534. The number of aromatic hydroxyl groups is 1. The molecule has 0 bridgehead atoms. The summed E-state index contributed by atoms with van der Waals surface area (Å²) in [7, 11) is 1.69. The summed E-state index contributed by atoms with van der Waals surface area (Å²) in [5.41, 5.74) is 2.41. The Balaban J connectivity index is 1.41. The minimum absolute atomic E-state index is 0.0534. The summed E-state index contributed by atoms with van der Waals surface area (Å²) in [6.45, 7) is 3.84. The molecule has 8 heteroatoms. The zero-order valence-corrected chi connectivity index (χ0v) is 17.5. The average Bonchev–Trinajstić information content (AvgIpc) is 3.39. The number of quaternary nitrogens is 1. The van der Waals surface area contributed by atoms with Gasteiger partial charge in [-0.1, -0.05) is 41.7 Å². The molecule has 0 radical (unpaired) electrons. The van der Waals surface area contributed by atoms with Crippen LogP contribution in [0.3, 0.4) is 0 Å². The molecule has 2 N–H and O–H groups in total. The first-order chi connectivity index (χ1) is 14.7. The maximum atomic E-state index is 10.9. The number of nitrogens with zero attached hydrogens (tertiary/aromatic N) is 4. The van der Waals surface area contributed by atoms with E-state index in [2.05, 4.69) is 51.4 Å². The van der Waals surface area contributed by atoms with Crippen molar-refractivity contribution in [2.24, 2.45) is 0 Å². The van der Waals surface area contributed by atoms with Crippen LogP contribution in [-0.2, 0) is 0 Å². The lowest BCUT2D eigenvalue weighted by atomic mass is 10.0. The van der Waals surface area contributed by atoms with E-state index in [0.29, 0.717) is 0 Å². The van der Waals surface area contributed by atoms with Gasteiger partial charge in [0.05, 0.1) is 33.3 Å². The number of hydrogen-bond acceptors (Lipinski definition) is 6. The Hall–Kier alpha value is -3.10. The Morgan fingerprint density at radius 2 is 1.80 bits per heavy atom. The fourth-order valence-corrected chi connectivity index (χ4v) is 5.35. The Labute approximate surface area is 178 Å². The second-order valence-electron chi connectivity index (χ2n) is 7.43. The largest absolute Gasteiger partial charge is 0.497 e. The number of aromatic nitrogens is 3. The number of ether oxygens (including phenoxy) is 1. The number of anilines is 1. The maximum absolute atomic E-state index is 10.9. The van der Waals surface area contributed by atoms with Crippen molar-refractivity contribution in [1.29, 1.82) is 0 Å². The van der Waals surface area contributed by atoms with Gasteiger partial charge in [-0.2, -0.15) is 9.61 Å². The van der Waals surface area contributed by atoms with E-state index < -0.39 is 0 Å². The van der Waals surface area contributed by atoms with Gasteiger partial charge >= 0.3 is 0 Å². The molecule has 0 spiro atoms. The molecule has 1 fully saturated rings. The molecular weight excluding hydrogens is 398 g/mol. The fourth-order valence-electron chi connectivity index (χ4n) is 4.23. The lowest BCUT2D eigenvalue weighted by Crippen LogP contribution is -3.15. The summed E-state index contributed by atoms with van der Waals surface area (Å²) in [4.78, 5) is 9.76. The van der Waals surface area contributed by atoms with E-state index in [0.717, 1.165) is 41.8 Å². The summed E-state index contributed by atoms with van der Waals surface area (Å²) < 4.78 is 6.81. The number of hydrogen-bond donors (Lipinski definition) is 2. The summed E-state index contributed by atoms with van der Waals surface area (Å²) in [5, 5.41) is 15.0. The molecule has 30 heavy (non-hydrogen) atoms. The van der Waals surface area contributed by atoms with Crippen molar-refractivity contribution >= 4 is 22.0 Å². The first-order valence-electron chi connectivity index (χ1n) is 10.0. The normalized spacial score (nSPS) is 16.1. The van der Waals surface area contributed by atoms with E-state index >= 15 is 0 Å². The maximum Gasteiger partial charge on any atom is 0.235 e. The van der Waals surface area contributed by atoms with Crippen LogP contribution in [-0.4, -0.2) is 53.0 Å². The number of thiazole rings is 1. The lowest BCUT2D eigenvalue weighted by molar-refractivity contribution is -0.925. The standard InChI is InChI=1S/C22H23N5O2S/c1-29-18-9-7-17(8-10-18)25-11-13-26(14-12-25)19(16-5-3-2-4-6-16)20-21(28)27-22(30-20)23-15-24-27/h2-10,15,19,28H,11-14H2,1H3/p+1/t19-/m0/s1. The molecule has 0 unspecified atom stereocenters. The van der Waals surface area contributed by atoms with Crippen molar-refractivity contribution in [2.45, 2.75) is 6.04 Å². The molecule has 5 rings (SSSR count). The minimum Gasteiger partial charge on any atom is -0.497 e. The van der Waals surface area contributed by atoms with Gasteiger partial charge in [-0.25, -0.2) is 4.98 Å². The predicted octanol–water partition coefficient (Wildman–Crippen LogP) is 2.00. The van der Waals surface area contributed by atoms with Gasteiger partial charge in [-0.15, -0.1) is 0 Å². The summed E-state index contributed by atoms with van der Waals surface area (Å²) in [5.74, 6) is 1.07. The van der Waals surface area contributed by atoms with Crippen LogP contribution in [0.25, 0.3) is 4.96 Å². The molecule has 0 amide bonds. The van der Waals surface area contributed by atoms with Crippen LogP contribution in [0, 0.1) is 0 Å². The van der Waals surface area contributed by atoms with Crippen LogP contribution in [0.2, 0.25) is 0 Å². The van der Waals surface area contributed by atoms with E-state index in [1.165, 1.54) is 38.3 Å². The van der Waals surface area contributed by atoms with Gasteiger partial charge in [0.15, 0.2) is 6.04 Å². The first kappa shape index (κ1) is 18.9. The van der Waals surface area contributed by atoms with Crippen LogP contribution in [0.1, 0.15) is 16.5 Å². The topological polar surface area (TPSA) is 67.3 Å². The molecule has 1 aliphatic rings. The number of piperazine rings is 1. The van der Waals surface area contributed by atoms with Crippen molar-refractivity contribution in [1.82, 2.24) is 14.6 Å². The van der Waals surface area contributed by atoms with Crippen molar-refractivity contribution in [2.75, 3.05) is 38.2 Å². The number of fused-ring (bicyclic) bond motifs is 1. The van der Waals surface area contributed by atoms with Gasteiger partial charge in [0.25, 0.3) is 0 Å². The second kappa shape index (κ2) is 7.97. The van der Waals surface area contributed by atoms with Gasteiger partial charge < -0.3 is 19.6 Å². The van der Waals surface area contributed by atoms with Gasteiger partial charge in [-0.05, 0) is 24.3 Å². The van der Waals surface area contributed by atoms with Crippen LogP contribution < -0.4 is 14.5 Å². The van der Waals surface area contributed by atoms with Crippen LogP contribution in [0.15, 0.2) is 60.9 Å². The molecule has 154 valence electrons. The summed E-state index contributed by atoms with van der Waals surface area (Å²) in [6.07, 6.45) is 1.48. The Morgan fingerprint density at radius 3 is 2.47 bits per heavy atom. The van der Waals surface area contributed by atoms with E-state index in [9.17, 15) is 5.11 Å². The summed E-state index contributed by atoms with van der Waals surface area (Å²) >= 11 is 1.52. The number of methoxy groups -OCH3 is 1. The monoisotopic (exact) mass is 422 g/mol. The highest BCUT2D eigenvalue weighted by atomic mass is 32.1. The van der Waals surface area contributed by atoms with Gasteiger partial charge in [0.1, 0.15) is 17.0 Å². The van der Waals surface area contributed by atoms with E-state index in [4.69, 9.17) is 4.74 Å². The molecular formula is C22H24N5O2S+. The zero-order chi connectivity index (χ0) is 20.5. The highest BCUT2D eigenvalue weighted by Gasteiger charge is 2.34. The van der Waals surface area contributed by atoms with E-state index in [1.54, 1.807) is 7.11 Å². The summed E-state index contributed by atoms with van der Waals surface area (Å²) in [6, 6.07) is 18.7. The van der Waals surface area contributed by atoms with E-state index in [1.807, 2.05) is 18.2 Å². The Morgan fingerprint density at radius 1 is 1.07 bits per heavy atom. The Kier molecular flexibility index (Phi) is 5.02. The molecule has 1 atom stereocenters. The van der Waals surface area contributed by atoms with Crippen LogP contribution >= 0.6 is 11.3 Å². The molecule has 4 aromatic rings. The quantitative estimate of drug-likeness (QED) is 0.515. The molecule has 2 aromatic heterocycles. The molecule has 0 aliphatic carbocycles. The number of benzene rings is 2. The molecule has 3 heterocycles. The highest BCUT2D eigenvalue weighted by Crippen LogP contribution is 2.34. The smallest absolute Gasteiger partial charge is 0.235 e. The van der Waals surface area contributed by atoms with Crippen molar-refractivity contribution in [3.05, 3.63) is 71.4 Å². The Bertz CT molecular complexity index is 1120. The van der Waals surface area contributed by atoms with Gasteiger partial charge in [-0.3, -0.25) is 0 Å². The molecule has 0 saturated carbocycles. The number of rotatable bonds is 5. The van der Waals surface area contributed by atoms with Crippen molar-refractivity contribution in [3.63, 3.8) is 0 Å².